The van der Waals surface area contributed by atoms with Gasteiger partial charge in [0.05, 0.1) is 7.11 Å². The van der Waals surface area contributed by atoms with Crippen molar-refractivity contribution >= 4 is 0 Å². The SMILES string of the molecule is [C-]#[N+]C(C)c1cc(C(C)CC)c(OC)c(C(C)CC)c1. The van der Waals surface area contributed by atoms with E-state index >= 15 is 0 Å². The van der Waals surface area contributed by atoms with E-state index in [4.69, 9.17) is 11.3 Å². The summed E-state index contributed by atoms with van der Waals surface area (Å²) < 4.78 is 5.71. The fraction of sp³-hybridized carbons (Fsp3) is 0.611. The van der Waals surface area contributed by atoms with Crippen LogP contribution in [0.15, 0.2) is 12.1 Å². The molecule has 1 aromatic carbocycles. The molecule has 0 bridgehead atoms. The Balaban J connectivity index is 3.51. The fourth-order valence-electron chi connectivity index (χ4n) is 2.42. The van der Waals surface area contributed by atoms with Crippen molar-refractivity contribution in [3.63, 3.8) is 0 Å². The van der Waals surface area contributed by atoms with Crippen molar-refractivity contribution in [3.05, 3.63) is 40.2 Å². The summed E-state index contributed by atoms with van der Waals surface area (Å²) in [5.74, 6) is 1.92. The third-order valence-corrected chi connectivity index (χ3v) is 4.34. The summed E-state index contributed by atoms with van der Waals surface area (Å²) in [7, 11) is 1.76. The first kappa shape index (κ1) is 16.6. The zero-order valence-electron chi connectivity index (χ0n) is 13.7. The standard InChI is InChI=1S/C18H27NO/c1-8-12(3)16-10-15(14(5)19-6)11-17(13(4)9-2)18(16)20-7/h10-14H,8-9H2,1-5,7H3. The molecule has 0 fully saturated rings. The van der Waals surface area contributed by atoms with Crippen molar-refractivity contribution in [1.82, 2.24) is 0 Å². The lowest BCUT2D eigenvalue weighted by Crippen LogP contribution is -2.05. The van der Waals surface area contributed by atoms with Gasteiger partial charge in [-0.1, -0.05) is 27.7 Å². The van der Waals surface area contributed by atoms with Gasteiger partial charge >= 0.3 is 0 Å². The monoisotopic (exact) mass is 273 g/mol. The van der Waals surface area contributed by atoms with Crippen LogP contribution in [0.5, 0.6) is 5.75 Å². The summed E-state index contributed by atoms with van der Waals surface area (Å²) in [6.07, 6.45) is 2.15. The topological polar surface area (TPSA) is 13.6 Å². The first-order valence-corrected chi connectivity index (χ1v) is 7.58. The second kappa shape index (κ2) is 7.33. The molecule has 0 N–H and O–H groups in total. The second-order valence-electron chi connectivity index (χ2n) is 5.66. The highest BCUT2D eigenvalue weighted by atomic mass is 16.5. The van der Waals surface area contributed by atoms with Crippen LogP contribution in [0.3, 0.4) is 0 Å². The smallest absolute Gasteiger partial charge is 0.246 e. The molecule has 20 heavy (non-hydrogen) atoms. The highest BCUT2D eigenvalue weighted by Gasteiger charge is 2.21. The highest BCUT2D eigenvalue weighted by Crippen LogP contribution is 2.39. The average Bonchev–Trinajstić information content (AvgIpc) is 2.50. The molecule has 110 valence electrons. The van der Waals surface area contributed by atoms with Gasteiger partial charge in [-0.05, 0) is 47.9 Å². The molecule has 0 radical (unpaired) electrons. The summed E-state index contributed by atoms with van der Waals surface area (Å²) in [5, 5.41) is 0. The molecule has 0 aromatic heterocycles. The van der Waals surface area contributed by atoms with Crippen LogP contribution < -0.4 is 4.74 Å². The van der Waals surface area contributed by atoms with Crippen LogP contribution in [0.1, 0.15) is 82.0 Å². The quantitative estimate of drug-likeness (QED) is 0.606. The van der Waals surface area contributed by atoms with E-state index in [2.05, 4.69) is 44.7 Å². The molecule has 2 nitrogen and oxygen atoms in total. The molecule has 0 saturated carbocycles. The van der Waals surface area contributed by atoms with E-state index in [0.29, 0.717) is 11.8 Å². The zero-order chi connectivity index (χ0) is 15.3. The lowest BCUT2D eigenvalue weighted by molar-refractivity contribution is 0.396. The van der Waals surface area contributed by atoms with Crippen LogP contribution in [0.4, 0.5) is 0 Å². The van der Waals surface area contributed by atoms with Gasteiger partial charge in [0.25, 0.3) is 0 Å². The maximum atomic E-state index is 7.28. The molecule has 0 aliphatic carbocycles. The predicted molar refractivity (Wildman–Crippen MR) is 85.4 cm³/mol. The van der Waals surface area contributed by atoms with Crippen LogP contribution in [0.2, 0.25) is 0 Å². The van der Waals surface area contributed by atoms with Crippen LogP contribution in [0, 0.1) is 6.57 Å². The fourth-order valence-corrected chi connectivity index (χ4v) is 2.42. The third kappa shape index (κ3) is 3.33. The maximum absolute atomic E-state index is 7.28. The van der Waals surface area contributed by atoms with Crippen molar-refractivity contribution in [3.8, 4) is 5.75 Å². The normalized spacial score (nSPS) is 15.2. The van der Waals surface area contributed by atoms with E-state index < -0.39 is 0 Å². The minimum atomic E-state index is -0.0912. The van der Waals surface area contributed by atoms with Gasteiger partial charge in [0.2, 0.25) is 6.04 Å². The van der Waals surface area contributed by atoms with Gasteiger partial charge in [-0.15, -0.1) is 0 Å². The number of methoxy groups -OCH3 is 1. The molecule has 3 unspecified atom stereocenters. The minimum absolute atomic E-state index is 0.0912. The molecule has 0 heterocycles. The Kier molecular flexibility index (Phi) is 6.07. The largest absolute Gasteiger partial charge is 0.496 e. The Morgan fingerprint density at radius 2 is 1.50 bits per heavy atom. The van der Waals surface area contributed by atoms with Gasteiger partial charge < -0.3 is 9.58 Å². The number of hydrogen-bond acceptors (Lipinski definition) is 1. The van der Waals surface area contributed by atoms with Crippen molar-refractivity contribution in [2.75, 3.05) is 7.11 Å². The van der Waals surface area contributed by atoms with Crippen molar-refractivity contribution in [2.45, 2.75) is 65.3 Å². The number of ether oxygens (including phenoxy) is 1. The number of hydrogen-bond donors (Lipinski definition) is 0. The summed E-state index contributed by atoms with van der Waals surface area (Å²) in [5.41, 5.74) is 3.61. The van der Waals surface area contributed by atoms with E-state index in [1.54, 1.807) is 7.11 Å². The highest BCUT2D eigenvalue weighted by molar-refractivity contribution is 5.49. The summed E-state index contributed by atoms with van der Waals surface area (Å²) in [6.45, 7) is 18.1. The van der Waals surface area contributed by atoms with Crippen molar-refractivity contribution in [1.29, 1.82) is 0 Å². The molecule has 0 saturated heterocycles. The molecule has 0 amide bonds. The first-order chi connectivity index (χ1) is 9.49. The van der Waals surface area contributed by atoms with Gasteiger partial charge in [0, 0.05) is 12.5 Å². The van der Waals surface area contributed by atoms with Gasteiger partial charge in [-0.25, -0.2) is 6.57 Å². The van der Waals surface area contributed by atoms with Crippen LogP contribution in [0.25, 0.3) is 4.85 Å². The van der Waals surface area contributed by atoms with E-state index in [-0.39, 0.29) is 6.04 Å². The van der Waals surface area contributed by atoms with E-state index in [1.165, 1.54) is 11.1 Å². The first-order valence-electron chi connectivity index (χ1n) is 7.58. The Morgan fingerprint density at radius 3 is 1.80 bits per heavy atom. The van der Waals surface area contributed by atoms with Gasteiger partial charge in [0.15, 0.2) is 0 Å². The van der Waals surface area contributed by atoms with Gasteiger partial charge in [-0.3, -0.25) is 0 Å². The van der Waals surface area contributed by atoms with Crippen LogP contribution in [-0.2, 0) is 0 Å². The molecule has 1 rings (SSSR count). The molecule has 0 aliphatic rings. The molecule has 0 aliphatic heterocycles. The molecule has 1 aromatic rings. The number of benzene rings is 1. The van der Waals surface area contributed by atoms with Crippen molar-refractivity contribution < 1.29 is 4.74 Å². The lowest BCUT2D eigenvalue weighted by atomic mass is 9.87. The van der Waals surface area contributed by atoms with Crippen LogP contribution in [-0.4, -0.2) is 7.11 Å². The van der Waals surface area contributed by atoms with Crippen LogP contribution >= 0.6 is 0 Å². The Hall–Kier alpha value is -1.49. The van der Waals surface area contributed by atoms with E-state index in [9.17, 15) is 0 Å². The van der Waals surface area contributed by atoms with E-state index in [0.717, 1.165) is 24.2 Å². The Labute approximate surface area is 124 Å². The summed E-state index contributed by atoms with van der Waals surface area (Å²) in [4.78, 5) is 3.68. The Bertz CT molecular complexity index is 456. The molecule has 2 heteroatoms. The minimum Gasteiger partial charge on any atom is -0.496 e. The summed E-state index contributed by atoms with van der Waals surface area (Å²) in [6, 6.07) is 4.25. The van der Waals surface area contributed by atoms with Gasteiger partial charge in [0.1, 0.15) is 5.75 Å². The van der Waals surface area contributed by atoms with Crippen molar-refractivity contribution in [2.24, 2.45) is 0 Å². The number of rotatable bonds is 6. The average molecular weight is 273 g/mol. The molecular weight excluding hydrogens is 246 g/mol. The third-order valence-electron chi connectivity index (χ3n) is 4.34. The van der Waals surface area contributed by atoms with Gasteiger partial charge in [-0.2, -0.15) is 0 Å². The molecule has 3 atom stereocenters. The summed E-state index contributed by atoms with van der Waals surface area (Å²) >= 11 is 0. The molecule has 0 spiro atoms. The number of nitrogens with zero attached hydrogens (tertiary/aromatic N) is 1. The Morgan fingerprint density at radius 1 is 1.05 bits per heavy atom. The van der Waals surface area contributed by atoms with E-state index in [1.807, 2.05) is 6.92 Å². The lowest BCUT2D eigenvalue weighted by Gasteiger charge is -2.22. The second-order valence-corrected chi connectivity index (χ2v) is 5.66. The predicted octanol–water partition coefficient (Wildman–Crippen LogP) is 5.70. The maximum Gasteiger partial charge on any atom is 0.246 e. The molecular formula is C18H27NO. The zero-order valence-corrected chi connectivity index (χ0v) is 13.7.